The minimum atomic E-state index is -0.838. The van der Waals surface area contributed by atoms with Crippen LogP contribution in [0.25, 0.3) is 0 Å². The molecular weight excluding hydrogens is 256 g/mol. The topological polar surface area (TPSA) is 78.4 Å². The second-order valence-corrected chi connectivity index (χ2v) is 4.80. The number of carbonyl (C=O) groups is 2. The lowest BCUT2D eigenvalue weighted by Gasteiger charge is -2.09. The van der Waals surface area contributed by atoms with Crippen LogP contribution in [-0.4, -0.2) is 30.2 Å². The summed E-state index contributed by atoms with van der Waals surface area (Å²) in [5.74, 6) is -1.27. The van der Waals surface area contributed by atoms with Crippen molar-refractivity contribution in [1.82, 2.24) is 10.6 Å². The van der Waals surface area contributed by atoms with E-state index < -0.39 is 11.9 Å². The predicted molar refractivity (Wildman–Crippen MR) is 77.6 cm³/mol. The smallest absolute Gasteiger partial charge is 0.314 e. The fourth-order valence-corrected chi connectivity index (χ4v) is 1.73. The molecule has 0 heterocycles. The molecule has 20 heavy (non-hydrogen) atoms. The highest BCUT2D eigenvalue weighted by Crippen LogP contribution is 2.01. The Labute approximate surface area is 119 Å². The zero-order valence-corrected chi connectivity index (χ0v) is 11.8. The summed E-state index contributed by atoms with van der Waals surface area (Å²) in [7, 11) is 0. The molecule has 5 nitrogen and oxygen atoms in total. The van der Waals surface area contributed by atoms with Gasteiger partial charge in [0, 0.05) is 13.1 Å². The minimum Gasteiger partial charge on any atom is -0.481 e. The number of carbonyl (C=O) groups excluding carboxylic acids is 1. The summed E-state index contributed by atoms with van der Waals surface area (Å²) in [4.78, 5) is 22.0. The molecule has 1 aromatic carbocycles. The van der Waals surface area contributed by atoms with E-state index in [0.717, 1.165) is 12.8 Å². The van der Waals surface area contributed by atoms with E-state index in [1.807, 2.05) is 18.2 Å². The van der Waals surface area contributed by atoms with Crippen LogP contribution < -0.4 is 10.6 Å². The summed E-state index contributed by atoms with van der Waals surface area (Å²) < 4.78 is 0. The van der Waals surface area contributed by atoms with E-state index in [9.17, 15) is 9.59 Å². The lowest BCUT2D eigenvalue weighted by molar-refractivity contribution is -0.141. The summed E-state index contributed by atoms with van der Waals surface area (Å²) in [5, 5.41) is 14.1. The van der Waals surface area contributed by atoms with Crippen molar-refractivity contribution < 1.29 is 14.7 Å². The second-order valence-electron chi connectivity index (χ2n) is 4.80. The quantitative estimate of drug-likeness (QED) is 0.637. The van der Waals surface area contributed by atoms with Gasteiger partial charge in [-0.25, -0.2) is 4.79 Å². The highest BCUT2D eigenvalue weighted by atomic mass is 16.4. The van der Waals surface area contributed by atoms with Crippen molar-refractivity contribution in [2.24, 2.45) is 5.92 Å². The van der Waals surface area contributed by atoms with Crippen LogP contribution in [0.2, 0.25) is 0 Å². The number of hydrogen-bond donors (Lipinski definition) is 3. The van der Waals surface area contributed by atoms with Crippen molar-refractivity contribution in [3.63, 3.8) is 0 Å². The third-order valence-corrected chi connectivity index (χ3v) is 3.06. The van der Waals surface area contributed by atoms with Gasteiger partial charge in [0.25, 0.3) is 0 Å². The average molecular weight is 278 g/mol. The maximum absolute atomic E-state index is 11.4. The van der Waals surface area contributed by atoms with Gasteiger partial charge < -0.3 is 15.7 Å². The molecule has 1 rings (SSSR count). The molecule has 0 fully saturated rings. The molecular formula is C15H22N2O3. The van der Waals surface area contributed by atoms with Crippen molar-refractivity contribution in [2.75, 3.05) is 13.1 Å². The van der Waals surface area contributed by atoms with Crippen LogP contribution in [-0.2, 0) is 11.2 Å². The van der Waals surface area contributed by atoms with Gasteiger partial charge in [0.1, 0.15) is 0 Å². The van der Waals surface area contributed by atoms with E-state index in [-0.39, 0.29) is 6.03 Å². The number of benzene rings is 1. The van der Waals surface area contributed by atoms with E-state index in [1.54, 1.807) is 6.92 Å². The molecule has 5 heteroatoms. The highest BCUT2D eigenvalue weighted by Gasteiger charge is 2.10. The van der Waals surface area contributed by atoms with Gasteiger partial charge in [0.15, 0.2) is 0 Å². The number of hydrogen-bond acceptors (Lipinski definition) is 2. The summed E-state index contributed by atoms with van der Waals surface area (Å²) in [6.07, 6.45) is 2.24. The zero-order chi connectivity index (χ0) is 14.8. The number of aliphatic carboxylic acids is 1. The Morgan fingerprint density at radius 3 is 2.45 bits per heavy atom. The Kier molecular flexibility index (Phi) is 7.17. The normalized spacial score (nSPS) is 11.7. The first kappa shape index (κ1) is 16.0. The molecule has 0 aliphatic heterocycles. The molecule has 1 atom stereocenters. The van der Waals surface area contributed by atoms with Gasteiger partial charge in [0.2, 0.25) is 0 Å². The Hall–Kier alpha value is -2.04. The van der Waals surface area contributed by atoms with Gasteiger partial charge in [-0.05, 0) is 24.8 Å². The highest BCUT2D eigenvalue weighted by molar-refractivity contribution is 5.74. The molecule has 0 radical (unpaired) electrons. The van der Waals surface area contributed by atoms with Crippen LogP contribution >= 0.6 is 0 Å². The van der Waals surface area contributed by atoms with E-state index in [4.69, 9.17) is 5.11 Å². The molecule has 0 aromatic heterocycles. The summed E-state index contributed by atoms with van der Waals surface area (Å²) >= 11 is 0. The molecule has 0 bridgehead atoms. The Morgan fingerprint density at radius 1 is 1.15 bits per heavy atom. The third-order valence-electron chi connectivity index (χ3n) is 3.06. The van der Waals surface area contributed by atoms with E-state index in [0.29, 0.717) is 19.5 Å². The predicted octanol–water partition coefficient (Wildman–Crippen LogP) is 2.03. The Bertz CT molecular complexity index is 420. The second kappa shape index (κ2) is 8.96. The Balaban J connectivity index is 2.04. The number of carboxylic acid groups (broad SMARTS) is 1. The monoisotopic (exact) mass is 278 g/mol. The summed E-state index contributed by atoms with van der Waals surface area (Å²) in [6, 6.07) is 9.86. The van der Waals surface area contributed by atoms with Crippen molar-refractivity contribution in [3.05, 3.63) is 35.9 Å². The molecule has 0 aliphatic rings. The summed E-state index contributed by atoms with van der Waals surface area (Å²) in [5.41, 5.74) is 1.25. The van der Waals surface area contributed by atoms with Crippen LogP contribution in [0.4, 0.5) is 4.79 Å². The molecule has 2 amide bonds. The largest absolute Gasteiger partial charge is 0.481 e. The molecule has 3 N–H and O–H groups in total. The van der Waals surface area contributed by atoms with E-state index in [1.165, 1.54) is 5.56 Å². The fraction of sp³-hybridized carbons (Fsp3) is 0.467. The maximum atomic E-state index is 11.4. The van der Waals surface area contributed by atoms with E-state index in [2.05, 4.69) is 22.8 Å². The maximum Gasteiger partial charge on any atom is 0.314 e. The van der Waals surface area contributed by atoms with Gasteiger partial charge in [-0.15, -0.1) is 0 Å². The SMILES string of the molecule is CC(CCNC(=O)NCCCc1ccccc1)C(=O)O. The molecule has 1 unspecified atom stereocenters. The van der Waals surface area contributed by atoms with Gasteiger partial charge in [-0.3, -0.25) is 4.79 Å². The van der Waals surface area contributed by atoms with Crippen LogP contribution in [0.3, 0.4) is 0 Å². The van der Waals surface area contributed by atoms with Crippen LogP contribution in [0.1, 0.15) is 25.3 Å². The Morgan fingerprint density at radius 2 is 1.80 bits per heavy atom. The minimum absolute atomic E-state index is 0.240. The summed E-state index contributed by atoms with van der Waals surface area (Å²) in [6.45, 7) is 2.61. The van der Waals surface area contributed by atoms with E-state index >= 15 is 0 Å². The number of rotatable bonds is 8. The van der Waals surface area contributed by atoms with Crippen molar-refractivity contribution in [1.29, 1.82) is 0 Å². The lowest BCUT2D eigenvalue weighted by Crippen LogP contribution is -2.37. The molecule has 0 saturated heterocycles. The van der Waals surface area contributed by atoms with Crippen LogP contribution in [0, 0.1) is 5.92 Å². The average Bonchev–Trinajstić information content (AvgIpc) is 2.44. The number of nitrogens with one attached hydrogen (secondary N) is 2. The number of amides is 2. The number of urea groups is 1. The standard InChI is InChI=1S/C15H22N2O3/c1-12(14(18)19)9-11-17-15(20)16-10-5-8-13-6-3-2-4-7-13/h2-4,6-7,12H,5,8-11H2,1H3,(H,18,19)(H2,16,17,20). The fourth-order valence-electron chi connectivity index (χ4n) is 1.73. The molecule has 110 valence electrons. The molecule has 0 spiro atoms. The lowest BCUT2D eigenvalue weighted by atomic mass is 10.1. The van der Waals surface area contributed by atoms with Crippen LogP contribution in [0.5, 0.6) is 0 Å². The molecule has 0 aliphatic carbocycles. The first-order valence-electron chi connectivity index (χ1n) is 6.88. The third kappa shape index (κ3) is 6.78. The zero-order valence-electron chi connectivity index (χ0n) is 11.8. The van der Waals surface area contributed by atoms with Crippen molar-refractivity contribution in [3.8, 4) is 0 Å². The van der Waals surface area contributed by atoms with Crippen molar-refractivity contribution >= 4 is 12.0 Å². The number of aryl methyl sites for hydroxylation is 1. The molecule has 1 aromatic rings. The van der Waals surface area contributed by atoms with Gasteiger partial charge in [-0.1, -0.05) is 37.3 Å². The first-order valence-corrected chi connectivity index (χ1v) is 6.88. The van der Waals surface area contributed by atoms with Gasteiger partial charge in [-0.2, -0.15) is 0 Å². The van der Waals surface area contributed by atoms with Crippen molar-refractivity contribution in [2.45, 2.75) is 26.2 Å². The number of carboxylic acids is 1. The first-order chi connectivity index (χ1) is 9.59. The van der Waals surface area contributed by atoms with Gasteiger partial charge >= 0.3 is 12.0 Å². The van der Waals surface area contributed by atoms with Crippen LogP contribution in [0.15, 0.2) is 30.3 Å². The molecule has 0 saturated carbocycles. The van der Waals surface area contributed by atoms with Gasteiger partial charge in [0.05, 0.1) is 5.92 Å².